The third-order valence-corrected chi connectivity index (χ3v) is 2.41. The molecule has 0 spiro atoms. The summed E-state index contributed by atoms with van der Waals surface area (Å²) in [6, 6.07) is 0. The van der Waals surface area contributed by atoms with Crippen molar-refractivity contribution in [2.24, 2.45) is 5.92 Å². The lowest BCUT2D eigenvalue weighted by Gasteiger charge is -2.20. The summed E-state index contributed by atoms with van der Waals surface area (Å²) < 4.78 is 5.25. The van der Waals surface area contributed by atoms with E-state index >= 15 is 0 Å². The van der Waals surface area contributed by atoms with E-state index in [0.717, 1.165) is 12.8 Å². The van der Waals surface area contributed by atoms with E-state index in [9.17, 15) is 4.79 Å². The third kappa shape index (κ3) is 2.81. The molecule has 0 aromatic carbocycles. The minimum Gasteiger partial charge on any atom is -0.373 e. The highest BCUT2D eigenvalue weighted by molar-refractivity contribution is 5.83. The number of hydrogen-bond donors (Lipinski definition) is 0. The Balaban J connectivity index is 2.60. The Kier molecular flexibility index (Phi) is 4.60. The molecule has 1 atom stereocenters. The first-order valence-electron chi connectivity index (χ1n) is 5.18. The summed E-state index contributed by atoms with van der Waals surface area (Å²) >= 11 is 0. The second kappa shape index (κ2) is 5.76. The van der Waals surface area contributed by atoms with E-state index in [2.05, 4.69) is 24.3 Å². The Hall–Kier alpha value is -0.890. The van der Waals surface area contributed by atoms with Gasteiger partial charge in [0.2, 0.25) is 0 Å². The van der Waals surface area contributed by atoms with Crippen LogP contribution in [0, 0.1) is 5.92 Å². The van der Waals surface area contributed by atoms with Crippen molar-refractivity contribution in [3.63, 3.8) is 0 Å². The molecule has 1 unspecified atom stereocenters. The summed E-state index contributed by atoms with van der Waals surface area (Å²) in [5.74, 6) is 0.337. The van der Waals surface area contributed by atoms with Gasteiger partial charge in [-0.05, 0) is 12.8 Å². The van der Waals surface area contributed by atoms with Crippen LogP contribution in [0.2, 0.25) is 0 Å². The minimum atomic E-state index is -0.289. The Bertz CT molecular complexity index is 229. The van der Waals surface area contributed by atoms with E-state index in [0.29, 0.717) is 6.42 Å². The molecule has 0 saturated heterocycles. The fourth-order valence-electron chi connectivity index (χ4n) is 1.71. The van der Waals surface area contributed by atoms with Crippen LogP contribution in [-0.4, -0.2) is 19.0 Å². The highest BCUT2D eigenvalue weighted by Gasteiger charge is 2.23. The van der Waals surface area contributed by atoms with Crippen molar-refractivity contribution in [3.05, 3.63) is 24.3 Å². The molecular weight excluding hydrogens is 176 g/mol. The van der Waals surface area contributed by atoms with Gasteiger partial charge in [0.25, 0.3) is 0 Å². The van der Waals surface area contributed by atoms with Crippen molar-refractivity contribution in [2.75, 3.05) is 7.11 Å². The first kappa shape index (κ1) is 11.2. The molecule has 0 aromatic rings. The number of carbonyl (C=O) groups is 1. The van der Waals surface area contributed by atoms with Crippen molar-refractivity contribution in [3.8, 4) is 0 Å². The molecule has 0 radical (unpaired) electrons. The summed E-state index contributed by atoms with van der Waals surface area (Å²) in [4.78, 5) is 11.7. The van der Waals surface area contributed by atoms with Gasteiger partial charge in [-0.15, -0.1) is 0 Å². The number of Topliss-reactive ketones (excluding diaryl/α,β-unsaturated/α-hetero) is 1. The van der Waals surface area contributed by atoms with E-state index in [1.54, 1.807) is 7.11 Å². The molecule has 78 valence electrons. The van der Waals surface area contributed by atoms with Crippen molar-refractivity contribution in [1.29, 1.82) is 0 Å². The fourth-order valence-corrected chi connectivity index (χ4v) is 1.71. The SMILES string of the molecule is CCCC(=O)C(OC)C1C=CCC=C1. The normalized spacial score (nSPS) is 18.4. The van der Waals surface area contributed by atoms with Crippen LogP contribution in [0.15, 0.2) is 24.3 Å². The summed E-state index contributed by atoms with van der Waals surface area (Å²) in [7, 11) is 1.61. The maximum absolute atomic E-state index is 11.7. The van der Waals surface area contributed by atoms with E-state index in [1.807, 2.05) is 6.92 Å². The molecule has 2 nitrogen and oxygen atoms in total. The van der Waals surface area contributed by atoms with E-state index in [-0.39, 0.29) is 17.8 Å². The maximum Gasteiger partial charge on any atom is 0.162 e. The summed E-state index contributed by atoms with van der Waals surface area (Å²) in [5.41, 5.74) is 0. The van der Waals surface area contributed by atoms with Crippen molar-refractivity contribution < 1.29 is 9.53 Å². The second-order valence-electron chi connectivity index (χ2n) is 3.54. The zero-order chi connectivity index (χ0) is 10.4. The van der Waals surface area contributed by atoms with Gasteiger partial charge in [-0.25, -0.2) is 0 Å². The molecule has 0 aliphatic heterocycles. The average molecular weight is 194 g/mol. The molecule has 1 aliphatic carbocycles. The van der Waals surface area contributed by atoms with Crippen LogP contribution in [0.1, 0.15) is 26.2 Å². The van der Waals surface area contributed by atoms with Crippen molar-refractivity contribution in [2.45, 2.75) is 32.3 Å². The Morgan fingerprint density at radius 1 is 1.50 bits per heavy atom. The number of methoxy groups -OCH3 is 1. The van der Waals surface area contributed by atoms with Gasteiger partial charge in [0, 0.05) is 19.4 Å². The van der Waals surface area contributed by atoms with Crippen molar-refractivity contribution >= 4 is 5.78 Å². The van der Waals surface area contributed by atoms with Crippen LogP contribution in [-0.2, 0) is 9.53 Å². The van der Waals surface area contributed by atoms with Gasteiger partial charge in [0.05, 0.1) is 0 Å². The molecule has 0 fully saturated rings. The van der Waals surface area contributed by atoms with Crippen LogP contribution in [0.25, 0.3) is 0 Å². The van der Waals surface area contributed by atoms with E-state index in [1.165, 1.54) is 0 Å². The fraction of sp³-hybridized carbons (Fsp3) is 0.583. The number of ketones is 1. The van der Waals surface area contributed by atoms with Gasteiger partial charge < -0.3 is 4.74 Å². The standard InChI is InChI=1S/C12H18O2/c1-3-7-11(13)12(14-2)10-8-5-4-6-9-10/h5-6,8-10,12H,3-4,7H2,1-2H3. The summed E-state index contributed by atoms with van der Waals surface area (Å²) in [6.45, 7) is 2.01. The van der Waals surface area contributed by atoms with Crippen LogP contribution >= 0.6 is 0 Å². The first-order valence-corrected chi connectivity index (χ1v) is 5.18. The molecule has 0 bridgehead atoms. The molecule has 0 amide bonds. The number of allylic oxidation sites excluding steroid dienone is 2. The lowest BCUT2D eigenvalue weighted by atomic mass is 9.93. The number of rotatable bonds is 5. The molecule has 14 heavy (non-hydrogen) atoms. The van der Waals surface area contributed by atoms with Gasteiger partial charge in [-0.1, -0.05) is 31.2 Å². The zero-order valence-electron chi connectivity index (χ0n) is 8.90. The molecule has 0 saturated carbocycles. The van der Waals surface area contributed by atoms with Crippen LogP contribution in [0.3, 0.4) is 0 Å². The monoisotopic (exact) mass is 194 g/mol. The quantitative estimate of drug-likeness (QED) is 0.628. The highest BCUT2D eigenvalue weighted by atomic mass is 16.5. The lowest BCUT2D eigenvalue weighted by Crippen LogP contribution is -2.30. The third-order valence-electron chi connectivity index (χ3n) is 2.41. The smallest absolute Gasteiger partial charge is 0.162 e. The maximum atomic E-state index is 11.7. The van der Waals surface area contributed by atoms with Gasteiger partial charge in [0.1, 0.15) is 6.10 Å². The van der Waals surface area contributed by atoms with Crippen LogP contribution < -0.4 is 0 Å². The van der Waals surface area contributed by atoms with Crippen LogP contribution in [0.4, 0.5) is 0 Å². The molecule has 0 heterocycles. The predicted octanol–water partition coefficient (Wildman–Crippen LogP) is 2.50. The minimum absolute atomic E-state index is 0.132. The summed E-state index contributed by atoms with van der Waals surface area (Å²) in [6.07, 6.45) is 10.4. The highest BCUT2D eigenvalue weighted by Crippen LogP contribution is 2.18. The number of hydrogen-bond acceptors (Lipinski definition) is 2. The Morgan fingerprint density at radius 2 is 2.14 bits per heavy atom. The molecule has 0 aromatic heterocycles. The van der Waals surface area contributed by atoms with E-state index < -0.39 is 0 Å². The van der Waals surface area contributed by atoms with Gasteiger partial charge in [-0.3, -0.25) is 4.79 Å². The predicted molar refractivity (Wildman–Crippen MR) is 57.1 cm³/mol. The largest absolute Gasteiger partial charge is 0.373 e. The number of carbonyl (C=O) groups excluding carboxylic acids is 1. The first-order chi connectivity index (χ1) is 6.79. The topological polar surface area (TPSA) is 26.3 Å². The van der Waals surface area contributed by atoms with Gasteiger partial charge in [-0.2, -0.15) is 0 Å². The van der Waals surface area contributed by atoms with Gasteiger partial charge in [0.15, 0.2) is 5.78 Å². The Morgan fingerprint density at radius 3 is 2.64 bits per heavy atom. The van der Waals surface area contributed by atoms with Crippen molar-refractivity contribution in [1.82, 2.24) is 0 Å². The lowest BCUT2D eigenvalue weighted by molar-refractivity contribution is -0.130. The number of ether oxygens (including phenoxy) is 1. The molecule has 2 heteroatoms. The zero-order valence-corrected chi connectivity index (χ0v) is 8.90. The Labute approximate surface area is 85.6 Å². The second-order valence-corrected chi connectivity index (χ2v) is 3.54. The molecule has 0 N–H and O–H groups in total. The molecule has 1 aliphatic rings. The van der Waals surface area contributed by atoms with Crippen LogP contribution in [0.5, 0.6) is 0 Å². The summed E-state index contributed by atoms with van der Waals surface area (Å²) in [5, 5.41) is 0. The molecular formula is C12H18O2. The molecule has 1 rings (SSSR count). The van der Waals surface area contributed by atoms with Gasteiger partial charge >= 0.3 is 0 Å². The average Bonchev–Trinajstić information content (AvgIpc) is 2.21. The van der Waals surface area contributed by atoms with E-state index in [4.69, 9.17) is 4.74 Å².